The minimum Gasteiger partial charge on any atom is -0.509 e. The second kappa shape index (κ2) is 7.95. The van der Waals surface area contributed by atoms with Crippen LogP contribution in [0.2, 0.25) is 0 Å². The van der Waals surface area contributed by atoms with Crippen LogP contribution in [0.4, 0.5) is 11.4 Å². The third kappa shape index (κ3) is 3.45. The van der Waals surface area contributed by atoms with Crippen molar-refractivity contribution in [2.45, 2.75) is 37.8 Å². The molecule has 8 bridgehead atoms. The molecule has 1 aliphatic carbocycles. The summed E-state index contributed by atoms with van der Waals surface area (Å²) >= 11 is 0. The standard InChI is InChI=1S/C22H20N6O.Pt/c1-2-10-22-21(9-1)25-13-23-27(15-25)17-5-3-7-19(11-17)29-20-8-4-6-18(12-20)28-16-26(22)14-24-28;/h3-8,13-16,21-22H,1-2,9-10H2;/q-4;+4. The number of hydrogen-bond donors (Lipinski definition) is 0. The molecule has 7 nitrogen and oxygen atoms in total. The molecule has 0 radical (unpaired) electrons. The van der Waals surface area contributed by atoms with E-state index in [0.717, 1.165) is 24.2 Å². The molecule has 0 spiro atoms. The Kier molecular flexibility index (Phi) is 5.15. The van der Waals surface area contributed by atoms with E-state index in [4.69, 9.17) is 4.74 Å². The van der Waals surface area contributed by atoms with Gasteiger partial charge in [0.05, 0.1) is 12.7 Å². The Labute approximate surface area is 190 Å². The van der Waals surface area contributed by atoms with Gasteiger partial charge in [0.25, 0.3) is 0 Å². The fraction of sp³-hybridized carbons (Fsp3) is 0.273. The fourth-order valence-electron chi connectivity index (χ4n) is 4.36. The summed E-state index contributed by atoms with van der Waals surface area (Å²) in [5, 5.41) is 12.9. The maximum absolute atomic E-state index is 6.02. The van der Waals surface area contributed by atoms with Crippen molar-refractivity contribution in [3.63, 3.8) is 0 Å². The number of hydrazone groups is 2. The van der Waals surface area contributed by atoms with Gasteiger partial charge < -0.3 is 24.6 Å². The summed E-state index contributed by atoms with van der Waals surface area (Å²) in [6.45, 7) is 4.10. The topological polar surface area (TPSA) is 46.9 Å². The van der Waals surface area contributed by atoms with E-state index in [1.165, 1.54) is 12.8 Å². The first kappa shape index (κ1) is 19.4. The molecule has 0 amide bonds. The third-order valence-electron chi connectivity index (χ3n) is 5.78. The van der Waals surface area contributed by atoms with Gasteiger partial charge in [0, 0.05) is 23.6 Å². The van der Waals surface area contributed by atoms with Gasteiger partial charge in [0.1, 0.15) is 0 Å². The number of hydrogen-bond acceptors (Lipinski definition) is 7. The zero-order chi connectivity index (χ0) is 19.2. The maximum atomic E-state index is 6.02. The van der Waals surface area contributed by atoms with Crippen LogP contribution in [0.5, 0.6) is 11.5 Å². The molecule has 0 N–H and O–H groups in total. The van der Waals surface area contributed by atoms with Crippen LogP contribution in [-0.4, -0.2) is 34.6 Å². The monoisotopic (exact) mass is 579 g/mol. The smallest absolute Gasteiger partial charge is 0.509 e. The summed E-state index contributed by atoms with van der Waals surface area (Å²) < 4.78 is 6.02. The van der Waals surface area contributed by atoms with E-state index in [9.17, 15) is 0 Å². The summed E-state index contributed by atoms with van der Waals surface area (Å²) in [6.07, 6.45) is 8.51. The number of ether oxygens (including phenoxy) is 1. The van der Waals surface area contributed by atoms with Gasteiger partial charge in [0.15, 0.2) is 0 Å². The largest absolute Gasteiger partial charge is 4.00 e. The van der Waals surface area contributed by atoms with Crippen molar-refractivity contribution in [2.75, 3.05) is 10.0 Å². The molecule has 3 aliphatic heterocycles. The van der Waals surface area contributed by atoms with E-state index < -0.39 is 0 Å². The Bertz CT molecular complexity index is 904. The first-order valence-electron chi connectivity index (χ1n) is 9.98. The summed E-state index contributed by atoms with van der Waals surface area (Å²) in [5.41, 5.74) is 1.69. The van der Waals surface area contributed by atoms with Crippen LogP contribution in [0.3, 0.4) is 0 Å². The van der Waals surface area contributed by atoms with Crippen LogP contribution in [-0.2, 0) is 21.1 Å². The molecule has 3 heterocycles. The minimum atomic E-state index is 0. The number of anilines is 2. The molecule has 2 unspecified atom stereocenters. The normalized spacial score (nSPS) is 24.0. The van der Waals surface area contributed by atoms with Crippen molar-refractivity contribution in [1.82, 2.24) is 9.80 Å². The zero-order valence-corrected chi connectivity index (χ0v) is 18.4. The van der Waals surface area contributed by atoms with E-state index >= 15 is 0 Å². The average Bonchev–Trinajstić information content (AvgIpc) is 3.44. The first-order chi connectivity index (χ1) is 14.3. The van der Waals surface area contributed by atoms with Crippen LogP contribution in [0.15, 0.2) is 46.6 Å². The summed E-state index contributed by atoms with van der Waals surface area (Å²) in [7, 11) is 0. The Morgan fingerprint density at radius 1 is 0.800 bits per heavy atom. The Hall–Kier alpha value is -2.53. The van der Waals surface area contributed by atoms with Gasteiger partial charge in [-0.2, -0.15) is 22.3 Å². The summed E-state index contributed by atoms with van der Waals surface area (Å²) in [6, 6.07) is 18.9. The van der Waals surface area contributed by atoms with Gasteiger partial charge in [0.2, 0.25) is 0 Å². The molecule has 1 saturated carbocycles. The van der Waals surface area contributed by atoms with Crippen molar-refractivity contribution >= 4 is 24.1 Å². The molecule has 0 aromatic heterocycles. The van der Waals surface area contributed by atoms with Gasteiger partial charge >= 0.3 is 21.1 Å². The Morgan fingerprint density at radius 3 is 1.80 bits per heavy atom. The maximum Gasteiger partial charge on any atom is 4.00 e. The Morgan fingerprint density at radius 2 is 1.30 bits per heavy atom. The molecule has 2 atom stereocenters. The minimum absolute atomic E-state index is 0. The fourth-order valence-corrected chi connectivity index (χ4v) is 4.36. The number of rotatable bonds is 0. The van der Waals surface area contributed by atoms with Crippen LogP contribution >= 0.6 is 0 Å². The van der Waals surface area contributed by atoms with Gasteiger partial charge in [-0.1, -0.05) is 24.2 Å². The second-order valence-electron chi connectivity index (χ2n) is 7.60. The van der Waals surface area contributed by atoms with E-state index in [2.05, 4.69) is 45.5 Å². The van der Waals surface area contributed by atoms with Crippen LogP contribution in [0.1, 0.15) is 25.7 Å². The number of nitrogens with zero attached hydrogens (tertiary/aromatic N) is 6. The van der Waals surface area contributed by atoms with Gasteiger partial charge in [-0.3, -0.25) is 0 Å². The van der Waals surface area contributed by atoms with E-state index in [0.29, 0.717) is 23.6 Å². The molecule has 0 saturated heterocycles. The Balaban J connectivity index is 0.00000193. The second-order valence-corrected chi connectivity index (χ2v) is 7.60. The molecule has 6 rings (SSSR count). The quantitative estimate of drug-likeness (QED) is 0.445. The number of fused-ring (bicyclic) bond motifs is 13. The molecule has 4 aliphatic rings. The SMILES string of the molecule is [Pt+4].[c-]1c2cccc1N1[CH-]N(C=N1)C1CCCCC1N1C=NN([CH-]1)c1[c-]c(ccc1)O2. The van der Waals surface area contributed by atoms with Crippen molar-refractivity contribution in [1.29, 1.82) is 0 Å². The predicted octanol–water partition coefficient (Wildman–Crippen LogP) is 3.77. The molecule has 30 heavy (non-hydrogen) atoms. The average molecular weight is 580 g/mol. The molecular weight excluding hydrogens is 559 g/mol. The molecule has 1 fully saturated rings. The molecule has 154 valence electrons. The predicted molar refractivity (Wildman–Crippen MR) is 111 cm³/mol. The van der Waals surface area contributed by atoms with Crippen LogP contribution < -0.4 is 14.8 Å². The molecule has 2 aromatic carbocycles. The van der Waals surface area contributed by atoms with E-state index in [1.807, 2.05) is 59.1 Å². The van der Waals surface area contributed by atoms with Gasteiger partial charge in [-0.25, -0.2) is 0 Å². The van der Waals surface area contributed by atoms with E-state index in [1.54, 1.807) is 0 Å². The zero-order valence-electron chi connectivity index (χ0n) is 16.2. The number of benzene rings is 2. The van der Waals surface area contributed by atoms with Crippen LogP contribution in [0.25, 0.3) is 0 Å². The van der Waals surface area contributed by atoms with Gasteiger partial charge in [-0.05, 0) is 12.8 Å². The van der Waals surface area contributed by atoms with Crippen molar-refractivity contribution in [3.8, 4) is 11.5 Å². The first-order valence-corrected chi connectivity index (χ1v) is 9.98. The molecule has 2 aromatic rings. The summed E-state index contributed by atoms with van der Waals surface area (Å²) in [4.78, 5) is 4.45. The molecule has 8 heteroatoms. The van der Waals surface area contributed by atoms with E-state index in [-0.39, 0.29) is 21.1 Å². The third-order valence-corrected chi connectivity index (χ3v) is 5.78. The molecular formula is C22H20N6OPt. The van der Waals surface area contributed by atoms with Crippen LogP contribution in [0, 0.1) is 25.5 Å². The van der Waals surface area contributed by atoms with Gasteiger partial charge in [-0.15, -0.1) is 49.7 Å². The van der Waals surface area contributed by atoms with Crippen molar-refractivity contribution in [3.05, 3.63) is 61.9 Å². The van der Waals surface area contributed by atoms with Crippen molar-refractivity contribution < 1.29 is 25.8 Å². The van der Waals surface area contributed by atoms with Crippen molar-refractivity contribution in [2.24, 2.45) is 10.2 Å². The summed E-state index contributed by atoms with van der Waals surface area (Å²) in [5.74, 6) is 1.25.